The summed E-state index contributed by atoms with van der Waals surface area (Å²) in [5, 5.41) is 11.9. The molecule has 2 aromatic rings. The fourth-order valence-electron chi connectivity index (χ4n) is 2.42. The monoisotopic (exact) mass is 331 g/mol. The van der Waals surface area contributed by atoms with E-state index in [9.17, 15) is 14.4 Å². The Morgan fingerprint density at radius 2 is 2.08 bits per heavy atom. The number of carboxylic acids is 1. The molecular weight excluding hydrogens is 310 g/mol. The molecule has 1 aromatic carbocycles. The Morgan fingerprint density at radius 3 is 2.83 bits per heavy atom. The normalized spacial score (nSPS) is 12.0. The molecule has 1 atom stereocenters. The van der Waals surface area contributed by atoms with Crippen molar-refractivity contribution in [2.75, 3.05) is 6.54 Å². The number of aryl methyl sites for hydroxylation is 1. The van der Waals surface area contributed by atoms with Crippen molar-refractivity contribution in [2.45, 2.75) is 32.6 Å². The number of carbonyl (C=O) groups is 2. The predicted molar refractivity (Wildman–Crippen MR) is 89.7 cm³/mol. The Hall–Kier alpha value is -2.70. The molecule has 0 aliphatic rings. The van der Waals surface area contributed by atoms with Crippen LogP contribution in [0.4, 0.5) is 0 Å². The van der Waals surface area contributed by atoms with Crippen LogP contribution in [0.5, 0.6) is 0 Å². The van der Waals surface area contributed by atoms with Crippen molar-refractivity contribution in [3.63, 3.8) is 0 Å². The Kier molecular flexibility index (Phi) is 6.06. The fraction of sp³-hybridized carbons (Fsp3) is 0.412. The van der Waals surface area contributed by atoms with Crippen LogP contribution in [0.1, 0.15) is 32.0 Å². The van der Waals surface area contributed by atoms with E-state index in [0.717, 1.165) is 0 Å². The molecule has 0 spiro atoms. The number of rotatable bonds is 8. The van der Waals surface area contributed by atoms with Gasteiger partial charge in [-0.15, -0.1) is 0 Å². The van der Waals surface area contributed by atoms with E-state index in [1.807, 2.05) is 6.07 Å². The topological polar surface area (TPSA) is 112 Å². The van der Waals surface area contributed by atoms with E-state index >= 15 is 0 Å². The molecule has 7 nitrogen and oxygen atoms in total. The second-order valence-corrected chi connectivity index (χ2v) is 5.89. The first-order chi connectivity index (χ1) is 11.5. The van der Waals surface area contributed by atoms with E-state index in [2.05, 4.69) is 15.3 Å². The number of nitrogens with zero attached hydrogens (tertiary/aromatic N) is 1. The number of hydrogen-bond acceptors (Lipinski definition) is 4. The second kappa shape index (κ2) is 8.24. The molecule has 0 aliphatic heterocycles. The number of H-pyrrole nitrogens is 1. The fourth-order valence-corrected chi connectivity index (χ4v) is 2.42. The van der Waals surface area contributed by atoms with Crippen molar-refractivity contribution in [2.24, 2.45) is 5.92 Å². The molecule has 1 amide bonds. The van der Waals surface area contributed by atoms with Gasteiger partial charge in [0.05, 0.1) is 10.9 Å². The number of para-hydroxylation sites is 1. The second-order valence-electron chi connectivity index (χ2n) is 5.89. The van der Waals surface area contributed by atoms with Crippen molar-refractivity contribution in [1.29, 1.82) is 0 Å². The molecule has 1 aromatic heterocycles. The van der Waals surface area contributed by atoms with E-state index in [1.165, 1.54) is 0 Å². The Balaban J connectivity index is 1.81. The van der Waals surface area contributed by atoms with Gasteiger partial charge in [0.2, 0.25) is 5.91 Å². The van der Waals surface area contributed by atoms with Crippen molar-refractivity contribution in [3.05, 3.63) is 40.4 Å². The van der Waals surface area contributed by atoms with Crippen LogP contribution < -0.4 is 10.9 Å². The SMILES string of the molecule is CC(CNC(=O)CCCc1nc2ccccc2c(=O)[nH]1)CC(=O)O. The van der Waals surface area contributed by atoms with E-state index in [-0.39, 0.29) is 23.8 Å². The standard InChI is InChI=1S/C17H21N3O4/c1-11(9-16(22)23)10-18-15(21)8-4-7-14-19-13-6-3-2-5-12(13)17(24)20-14/h2-3,5-6,11H,4,7-10H2,1H3,(H,18,21)(H,22,23)(H,19,20,24). The summed E-state index contributed by atoms with van der Waals surface area (Å²) < 4.78 is 0. The zero-order valence-corrected chi connectivity index (χ0v) is 13.5. The van der Waals surface area contributed by atoms with Gasteiger partial charge in [-0.3, -0.25) is 14.4 Å². The van der Waals surface area contributed by atoms with Gasteiger partial charge in [-0.05, 0) is 24.5 Å². The smallest absolute Gasteiger partial charge is 0.303 e. The van der Waals surface area contributed by atoms with Gasteiger partial charge in [0.1, 0.15) is 5.82 Å². The van der Waals surface area contributed by atoms with Crippen LogP contribution in [0.25, 0.3) is 10.9 Å². The van der Waals surface area contributed by atoms with Crippen LogP contribution in [-0.4, -0.2) is 33.5 Å². The Morgan fingerprint density at radius 1 is 1.33 bits per heavy atom. The first-order valence-corrected chi connectivity index (χ1v) is 7.92. The molecule has 7 heteroatoms. The van der Waals surface area contributed by atoms with Crippen LogP contribution in [0.15, 0.2) is 29.1 Å². The van der Waals surface area contributed by atoms with Gasteiger partial charge >= 0.3 is 5.97 Å². The number of benzene rings is 1. The number of aromatic nitrogens is 2. The van der Waals surface area contributed by atoms with E-state index in [1.54, 1.807) is 25.1 Å². The summed E-state index contributed by atoms with van der Waals surface area (Å²) >= 11 is 0. The van der Waals surface area contributed by atoms with Gasteiger partial charge in [0, 0.05) is 25.8 Å². The lowest BCUT2D eigenvalue weighted by molar-refractivity contribution is -0.138. The Labute approximate surface area is 139 Å². The summed E-state index contributed by atoms with van der Waals surface area (Å²) in [7, 11) is 0. The largest absolute Gasteiger partial charge is 0.481 e. The van der Waals surface area contributed by atoms with E-state index in [4.69, 9.17) is 5.11 Å². The zero-order valence-electron chi connectivity index (χ0n) is 13.5. The van der Waals surface area contributed by atoms with Crippen molar-refractivity contribution in [3.8, 4) is 0 Å². The minimum Gasteiger partial charge on any atom is -0.481 e. The minimum absolute atomic E-state index is 0.0303. The number of aromatic amines is 1. The van der Waals surface area contributed by atoms with E-state index < -0.39 is 5.97 Å². The van der Waals surface area contributed by atoms with Crippen LogP contribution in [0.3, 0.4) is 0 Å². The van der Waals surface area contributed by atoms with Gasteiger partial charge in [-0.1, -0.05) is 19.1 Å². The summed E-state index contributed by atoms with van der Waals surface area (Å²) in [4.78, 5) is 41.4. The third-order valence-electron chi connectivity index (χ3n) is 3.65. The predicted octanol–water partition coefficient (Wildman–Crippen LogP) is 1.47. The third kappa shape index (κ3) is 5.19. The lowest BCUT2D eigenvalue weighted by atomic mass is 10.1. The highest BCUT2D eigenvalue weighted by atomic mass is 16.4. The van der Waals surface area contributed by atoms with Crippen molar-refractivity contribution < 1.29 is 14.7 Å². The molecule has 0 bridgehead atoms. The number of carboxylic acid groups (broad SMARTS) is 1. The number of amides is 1. The molecule has 0 fully saturated rings. The van der Waals surface area contributed by atoms with Crippen molar-refractivity contribution in [1.82, 2.24) is 15.3 Å². The molecule has 1 heterocycles. The first-order valence-electron chi connectivity index (χ1n) is 7.92. The third-order valence-corrected chi connectivity index (χ3v) is 3.65. The molecule has 0 saturated heterocycles. The van der Waals surface area contributed by atoms with Gasteiger partial charge in [-0.25, -0.2) is 4.98 Å². The van der Waals surface area contributed by atoms with Crippen molar-refractivity contribution >= 4 is 22.8 Å². The quantitative estimate of drug-likeness (QED) is 0.678. The minimum atomic E-state index is -0.872. The molecule has 2 rings (SSSR count). The first kappa shape index (κ1) is 17.7. The summed E-state index contributed by atoms with van der Waals surface area (Å²) in [5.41, 5.74) is 0.464. The summed E-state index contributed by atoms with van der Waals surface area (Å²) in [6.07, 6.45) is 1.39. The van der Waals surface area contributed by atoms with E-state index in [0.29, 0.717) is 42.5 Å². The molecule has 3 N–H and O–H groups in total. The lowest BCUT2D eigenvalue weighted by Gasteiger charge is -2.10. The number of fused-ring (bicyclic) bond motifs is 1. The number of aliphatic carboxylic acids is 1. The molecule has 0 saturated carbocycles. The highest BCUT2D eigenvalue weighted by molar-refractivity contribution is 5.77. The van der Waals surface area contributed by atoms with Gasteiger partial charge in [-0.2, -0.15) is 0 Å². The molecule has 0 aliphatic carbocycles. The summed E-state index contributed by atoms with van der Waals surface area (Å²) in [5.74, 6) is -0.547. The summed E-state index contributed by atoms with van der Waals surface area (Å²) in [6.45, 7) is 2.12. The highest BCUT2D eigenvalue weighted by Crippen LogP contribution is 2.07. The highest BCUT2D eigenvalue weighted by Gasteiger charge is 2.10. The number of nitrogens with one attached hydrogen (secondary N) is 2. The average Bonchev–Trinajstić information content (AvgIpc) is 2.52. The Bertz CT molecular complexity index is 785. The van der Waals surface area contributed by atoms with Crippen LogP contribution in [-0.2, 0) is 16.0 Å². The number of carbonyl (C=O) groups excluding carboxylic acids is 1. The summed E-state index contributed by atoms with van der Waals surface area (Å²) in [6, 6.07) is 7.11. The van der Waals surface area contributed by atoms with Gasteiger partial charge < -0.3 is 15.4 Å². The maximum atomic E-state index is 11.9. The van der Waals surface area contributed by atoms with Crippen LogP contribution >= 0.6 is 0 Å². The number of hydrogen-bond donors (Lipinski definition) is 3. The van der Waals surface area contributed by atoms with Gasteiger partial charge in [0.25, 0.3) is 5.56 Å². The molecule has 1 unspecified atom stereocenters. The lowest BCUT2D eigenvalue weighted by Crippen LogP contribution is -2.29. The van der Waals surface area contributed by atoms with Crippen LogP contribution in [0.2, 0.25) is 0 Å². The molecule has 24 heavy (non-hydrogen) atoms. The zero-order chi connectivity index (χ0) is 17.5. The molecule has 0 radical (unpaired) electrons. The average molecular weight is 331 g/mol. The molecule has 128 valence electrons. The maximum absolute atomic E-state index is 11.9. The van der Waals surface area contributed by atoms with Crippen LogP contribution in [0, 0.1) is 5.92 Å². The molecular formula is C17H21N3O4. The maximum Gasteiger partial charge on any atom is 0.303 e. The van der Waals surface area contributed by atoms with Gasteiger partial charge in [0.15, 0.2) is 0 Å².